The van der Waals surface area contributed by atoms with Crippen molar-refractivity contribution in [2.45, 2.75) is 26.8 Å². The number of carbonyl (C=O) groups excluding carboxylic acids is 1. The van der Waals surface area contributed by atoms with Crippen LogP contribution in [0.15, 0.2) is 31.0 Å². The van der Waals surface area contributed by atoms with E-state index >= 15 is 0 Å². The third-order valence-corrected chi connectivity index (χ3v) is 3.45. The van der Waals surface area contributed by atoms with Gasteiger partial charge in [0.25, 0.3) is 0 Å². The number of hydrogen-bond donors (Lipinski definition) is 2. The van der Waals surface area contributed by atoms with Crippen molar-refractivity contribution < 1.29 is 4.79 Å². The van der Waals surface area contributed by atoms with Gasteiger partial charge in [-0.3, -0.25) is 9.20 Å². The number of nitrogens with one attached hydrogen (secondary N) is 2. The number of carbonyl (C=O) groups is 1. The van der Waals surface area contributed by atoms with Gasteiger partial charge in [-0.15, -0.1) is 0 Å². The van der Waals surface area contributed by atoms with Crippen LogP contribution in [0.5, 0.6) is 0 Å². The lowest BCUT2D eigenvalue weighted by Gasteiger charge is -2.22. The highest BCUT2D eigenvalue weighted by Gasteiger charge is 2.28. The predicted octanol–water partition coefficient (Wildman–Crippen LogP) is 0.732. The highest BCUT2D eigenvalue weighted by Crippen LogP contribution is 2.20. The van der Waals surface area contributed by atoms with E-state index in [4.69, 9.17) is 0 Å². The minimum atomic E-state index is -0.566. The van der Waals surface area contributed by atoms with E-state index in [-0.39, 0.29) is 5.91 Å². The zero-order valence-electron chi connectivity index (χ0n) is 12.4. The SMILES string of the molecule is CC(C)(Cc1cn[nH]n1)C(=O)NCc1cnc2nccn2c1. The first kappa shape index (κ1) is 14.2. The Morgan fingerprint density at radius 3 is 3.00 bits per heavy atom. The van der Waals surface area contributed by atoms with E-state index < -0.39 is 5.41 Å². The first-order chi connectivity index (χ1) is 10.5. The summed E-state index contributed by atoms with van der Waals surface area (Å²) in [6.07, 6.45) is 9.28. The molecule has 0 unspecified atom stereocenters. The number of imidazole rings is 1. The molecule has 0 bridgehead atoms. The van der Waals surface area contributed by atoms with Gasteiger partial charge < -0.3 is 5.32 Å². The summed E-state index contributed by atoms with van der Waals surface area (Å²) in [7, 11) is 0. The topological polar surface area (TPSA) is 101 Å². The molecule has 0 aliphatic heterocycles. The Hall–Kier alpha value is -2.77. The molecule has 3 aromatic rings. The fraction of sp³-hybridized carbons (Fsp3) is 0.357. The Bertz CT molecular complexity index is 775. The molecule has 0 aromatic carbocycles. The van der Waals surface area contributed by atoms with Crippen molar-refractivity contribution in [2.75, 3.05) is 0 Å². The predicted molar refractivity (Wildman–Crippen MR) is 78.7 cm³/mol. The second-order valence-electron chi connectivity index (χ2n) is 5.80. The van der Waals surface area contributed by atoms with Gasteiger partial charge in [-0.25, -0.2) is 9.97 Å². The molecular formula is C14H17N7O. The maximum atomic E-state index is 12.4. The monoisotopic (exact) mass is 299 g/mol. The van der Waals surface area contributed by atoms with E-state index in [1.54, 1.807) is 18.6 Å². The molecule has 0 fully saturated rings. The Balaban J connectivity index is 1.63. The normalized spacial score (nSPS) is 11.7. The number of fused-ring (bicyclic) bond motifs is 1. The summed E-state index contributed by atoms with van der Waals surface area (Å²) in [6.45, 7) is 4.19. The molecule has 2 N–H and O–H groups in total. The van der Waals surface area contributed by atoms with Gasteiger partial charge in [0.15, 0.2) is 0 Å². The number of amides is 1. The van der Waals surface area contributed by atoms with Gasteiger partial charge in [-0.05, 0) is 0 Å². The van der Waals surface area contributed by atoms with Gasteiger partial charge >= 0.3 is 0 Å². The van der Waals surface area contributed by atoms with Gasteiger partial charge in [-0.2, -0.15) is 15.4 Å². The highest BCUT2D eigenvalue weighted by atomic mass is 16.2. The van der Waals surface area contributed by atoms with Crippen molar-refractivity contribution >= 4 is 11.7 Å². The Morgan fingerprint density at radius 2 is 2.23 bits per heavy atom. The minimum Gasteiger partial charge on any atom is -0.351 e. The number of hydrogen-bond acceptors (Lipinski definition) is 5. The number of aromatic amines is 1. The van der Waals surface area contributed by atoms with Gasteiger partial charge in [0.2, 0.25) is 11.7 Å². The first-order valence-corrected chi connectivity index (χ1v) is 6.95. The molecule has 0 aliphatic carbocycles. The number of nitrogens with zero attached hydrogens (tertiary/aromatic N) is 5. The second-order valence-corrected chi connectivity index (χ2v) is 5.80. The molecule has 3 aromatic heterocycles. The van der Waals surface area contributed by atoms with Crippen molar-refractivity contribution in [1.82, 2.24) is 35.1 Å². The van der Waals surface area contributed by atoms with Crippen LogP contribution in [0.25, 0.3) is 5.78 Å². The van der Waals surface area contributed by atoms with Crippen LogP contribution in [0.2, 0.25) is 0 Å². The van der Waals surface area contributed by atoms with E-state index in [0.717, 1.165) is 11.3 Å². The largest absolute Gasteiger partial charge is 0.351 e. The lowest BCUT2D eigenvalue weighted by Crippen LogP contribution is -2.38. The van der Waals surface area contributed by atoms with Crippen LogP contribution in [0.1, 0.15) is 25.1 Å². The van der Waals surface area contributed by atoms with E-state index in [2.05, 4.69) is 30.7 Å². The smallest absolute Gasteiger partial charge is 0.233 e. The van der Waals surface area contributed by atoms with Crippen molar-refractivity contribution in [2.24, 2.45) is 5.41 Å². The maximum Gasteiger partial charge on any atom is 0.233 e. The minimum absolute atomic E-state index is 0.0405. The summed E-state index contributed by atoms with van der Waals surface area (Å²) in [5.41, 5.74) is 1.11. The molecule has 0 spiro atoms. The molecule has 0 saturated carbocycles. The standard InChI is InChI=1S/C14H17N7O/c1-14(2,5-11-8-18-20-19-11)12(22)16-6-10-7-17-13-15-3-4-21(13)9-10/h3-4,7-9H,5-6H2,1-2H3,(H,16,22)(H,18,19,20). The second kappa shape index (κ2) is 5.55. The van der Waals surface area contributed by atoms with Gasteiger partial charge in [-0.1, -0.05) is 13.8 Å². The number of H-pyrrole nitrogens is 1. The molecule has 114 valence electrons. The van der Waals surface area contributed by atoms with Crippen molar-refractivity contribution in [1.29, 1.82) is 0 Å². The van der Waals surface area contributed by atoms with Crippen LogP contribution in [0.3, 0.4) is 0 Å². The van der Waals surface area contributed by atoms with Crippen LogP contribution in [-0.2, 0) is 17.8 Å². The summed E-state index contributed by atoms with van der Waals surface area (Å²) < 4.78 is 1.82. The third-order valence-electron chi connectivity index (χ3n) is 3.45. The molecule has 0 atom stereocenters. The molecule has 0 radical (unpaired) electrons. The molecule has 8 heteroatoms. The summed E-state index contributed by atoms with van der Waals surface area (Å²) >= 11 is 0. The fourth-order valence-electron chi connectivity index (χ4n) is 2.22. The lowest BCUT2D eigenvalue weighted by atomic mass is 9.87. The van der Waals surface area contributed by atoms with Crippen LogP contribution in [0, 0.1) is 5.41 Å². The van der Waals surface area contributed by atoms with E-state index in [9.17, 15) is 4.79 Å². The van der Waals surface area contributed by atoms with E-state index in [1.165, 1.54) is 0 Å². The van der Waals surface area contributed by atoms with Crippen LogP contribution >= 0.6 is 0 Å². The first-order valence-electron chi connectivity index (χ1n) is 6.95. The number of aromatic nitrogens is 6. The van der Waals surface area contributed by atoms with E-state index in [0.29, 0.717) is 18.7 Å². The summed E-state index contributed by atoms with van der Waals surface area (Å²) in [5.74, 6) is 0.600. The van der Waals surface area contributed by atoms with Crippen LogP contribution < -0.4 is 5.32 Å². The molecule has 1 amide bonds. The Kier molecular flexibility index (Phi) is 3.58. The fourth-order valence-corrected chi connectivity index (χ4v) is 2.22. The van der Waals surface area contributed by atoms with Crippen LogP contribution in [-0.4, -0.2) is 35.7 Å². The van der Waals surface area contributed by atoms with Gasteiger partial charge in [0.05, 0.1) is 11.9 Å². The maximum absolute atomic E-state index is 12.4. The van der Waals surface area contributed by atoms with Gasteiger partial charge in [0, 0.05) is 48.7 Å². The van der Waals surface area contributed by atoms with Crippen LogP contribution in [0.4, 0.5) is 0 Å². The average Bonchev–Trinajstić information content (AvgIpc) is 3.14. The molecule has 3 heterocycles. The quantitative estimate of drug-likeness (QED) is 0.723. The van der Waals surface area contributed by atoms with Crippen molar-refractivity contribution in [3.05, 3.63) is 42.2 Å². The highest BCUT2D eigenvalue weighted by molar-refractivity contribution is 5.82. The van der Waals surface area contributed by atoms with Crippen molar-refractivity contribution in [3.63, 3.8) is 0 Å². The molecule has 0 aliphatic rings. The lowest BCUT2D eigenvalue weighted by molar-refractivity contribution is -0.129. The third kappa shape index (κ3) is 2.95. The van der Waals surface area contributed by atoms with Crippen molar-refractivity contribution in [3.8, 4) is 0 Å². The molecule has 22 heavy (non-hydrogen) atoms. The average molecular weight is 299 g/mol. The van der Waals surface area contributed by atoms with E-state index in [1.807, 2.05) is 30.6 Å². The molecule has 8 nitrogen and oxygen atoms in total. The summed E-state index contributed by atoms with van der Waals surface area (Å²) in [5, 5.41) is 13.2. The molecule has 3 rings (SSSR count). The zero-order chi connectivity index (χ0) is 15.6. The Morgan fingerprint density at radius 1 is 1.36 bits per heavy atom. The summed E-state index contributed by atoms with van der Waals surface area (Å²) in [4.78, 5) is 20.7. The molecular weight excluding hydrogens is 282 g/mol. The molecule has 0 saturated heterocycles. The number of rotatable bonds is 5. The Labute approximate surface area is 127 Å². The zero-order valence-corrected chi connectivity index (χ0v) is 12.4. The summed E-state index contributed by atoms with van der Waals surface area (Å²) in [6, 6.07) is 0. The van der Waals surface area contributed by atoms with Gasteiger partial charge in [0.1, 0.15) is 0 Å².